The Morgan fingerprint density at radius 3 is 2.09 bits per heavy atom. The predicted molar refractivity (Wildman–Crippen MR) is 89.3 cm³/mol. The molecular formula is C15H11ClN4O3. The molecule has 23 heavy (non-hydrogen) atoms. The summed E-state index contributed by atoms with van der Waals surface area (Å²) < 4.78 is 0. The topological polar surface area (TPSA) is 107 Å². The lowest BCUT2D eigenvalue weighted by atomic mass is 10.2. The Morgan fingerprint density at radius 2 is 1.39 bits per heavy atom. The molecule has 0 radical (unpaired) electrons. The van der Waals surface area contributed by atoms with Gasteiger partial charge in [-0.25, -0.2) is 4.79 Å². The average Bonchev–Trinajstić information content (AvgIpc) is 2.53. The van der Waals surface area contributed by atoms with Crippen LogP contribution in [0.15, 0.2) is 52.1 Å². The maximum atomic E-state index is 11.9. The molecule has 116 valence electrons. The minimum atomic E-state index is -0.479. The summed E-state index contributed by atoms with van der Waals surface area (Å²) in [7, 11) is 0. The summed E-state index contributed by atoms with van der Waals surface area (Å²) in [5.74, 6) is 0. The number of nitrogens with one attached hydrogen (secondary N) is 4. The van der Waals surface area contributed by atoms with E-state index in [1.54, 1.807) is 30.3 Å². The first-order valence-corrected chi connectivity index (χ1v) is 6.99. The van der Waals surface area contributed by atoms with Crippen LogP contribution >= 0.6 is 11.6 Å². The minimum absolute atomic E-state index is 0.193. The number of halogens is 1. The average molecular weight is 331 g/mol. The Labute approximate surface area is 134 Å². The monoisotopic (exact) mass is 330 g/mol. The Morgan fingerprint density at radius 1 is 0.826 bits per heavy atom. The van der Waals surface area contributed by atoms with E-state index < -0.39 is 17.1 Å². The quantitative estimate of drug-likeness (QED) is 0.580. The van der Waals surface area contributed by atoms with E-state index in [2.05, 4.69) is 20.8 Å². The highest BCUT2D eigenvalue weighted by Gasteiger charge is 2.07. The van der Waals surface area contributed by atoms with E-state index in [1.165, 1.54) is 12.1 Å². The molecule has 0 aliphatic rings. The maximum Gasteiger partial charge on any atom is 0.323 e. The van der Waals surface area contributed by atoms with Crippen molar-refractivity contribution >= 4 is 39.8 Å². The molecule has 0 aliphatic carbocycles. The van der Waals surface area contributed by atoms with Gasteiger partial charge in [-0.1, -0.05) is 11.6 Å². The van der Waals surface area contributed by atoms with Gasteiger partial charge in [0.1, 0.15) is 0 Å². The molecule has 0 saturated heterocycles. The molecule has 2 amide bonds. The molecule has 0 fully saturated rings. The van der Waals surface area contributed by atoms with Crippen molar-refractivity contribution in [3.63, 3.8) is 0 Å². The number of aromatic nitrogens is 2. The van der Waals surface area contributed by atoms with Crippen molar-refractivity contribution in [1.29, 1.82) is 0 Å². The van der Waals surface area contributed by atoms with Crippen molar-refractivity contribution in [2.45, 2.75) is 0 Å². The fourth-order valence-corrected chi connectivity index (χ4v) is 2.21. The third-order valence-electron chi connectivity index (χ3n) is 3.16. The highest BCUT2D eigenvalue weighted by Crippen LogP contribution is 2.15. The molecule has 0 unspecified atom stereocenters. The summed E-state index contributed by atoms with van der Waals surface area (Å²) in [6, 6.07) is 10.6. The molecule has 7 nitrogen and oxygen atoms in total. The van der Waals surface area contributed by atoms with E-state index in [0.29, 0.717) is 16.4 Å². The zero-order chi connectivity index (χ0) is 16.4. The highest BCUT2D eigenvalue weighted by molar-refractivity contribution is 6.30. The van der Waals surface area contributed by atoms with Gasteiger partial charge in [-0.15, -0.1) is 0 Å². The number of carbonyl (C=O) groups excluding carboxylic acids is 1. The zero-order valence-electron chi connectivity index (χ0n) is 11.6. The molecule has 2 aromatic carbocycles. The number of hydrogen-bond acceptors (Lipinski definition) is 3. The van der Waals surface area contributed by atoms with Gasteiger partial charge in [0.2, 0.25) is 0 Å². The number of hydrogen-bond donors (Lipinski definition) is 4. The second kappa shape index (κ2) is 5.98. The van der Waals surface area contributed by atoms with E-state index in [1.807, 2.05) is 0 Å². The van der Waals surface area contributed by atoms with Crippen molar-refractivity contribution in [2.24, 2.45) is 0 Å². The molecular weight excluding hydrogens is 320 g/mol. The number of carbonyl (C=O) groups is 1. The molecule has 1 aromatic heterocycles. The summed E-state index contributed by atoms with van der Waals surface area (Å²) in [5, 5.41) is 10.7. The first-order valence-electron chi connectivity index (χ1n) is 6.61. The summed E-state index contributed by atoms with van der Waals surface area (Å²) in [4.78, 5) is 35.3. The molecule has 4 N–H and O–H groups in total. The second-order valence-electron chi connectivity index (χ2n) is 4.75. The number of aromatic amines is 2. The second-order valence-corrected chi connectivity index (χ2v) is 5.19. The van der Waals surface area contributed by atoms with E-state index in [-0.39, 0.29) is 10.8 Å². The fourth-order valence-electron chi connectivity index (χ4n) is 2.08. The van der Waals surface area contributed by atoms with Crippen LogP contribution in [0.3, 0.4) is 0 Å². The molecule has 1 heterocycles. The van der Waals surface area contributed by atoms with Gasteiger partial charge in [-0.05, 0) is 42.5 Å². The van der Waals surface area contributed by atoms with Gasteiger partial charge in [0.05, 0.1) is 10.8 Å². The maximum absolute atomic E-state index is 11.9. The standard InChI is InChI=1S/C15H11ClN4O3/c16-8-1-3-9(4-2-8)17-15(23)18-10-5-6-11-12(7-10)14(22)20-19-13(11)21/h1-7H,(H,19,21)(H,20,22)(H2,17,18,23). The van der Waals surface area contributed by atoms with Gasteiger partial charge in [0.25, 0.3) is 11.1 Å². The van der Waals surface area contributed by atoms with Crippen LogP contribution < -0.4 is 21.8 Å². The summed E-state index contributed by atoms with van der Waals surface area (Å²) >= 11 is 5.77. The number of benzene rings is 2. The zero-order valence-corrected chi connectivity index (χ0v) is 12.4. The first-order chi connectivity index (χ1) is 11.0. The predicted octanol–water partition coefficient (Wildman–Crippen LogP) is 2.51. The number of urea groups is 1. The number of anilines is 2. The minimum Gasteiger partial charge on any atom is -0.308 e. The van der Waals surface area contributed by atoms with Crippen molar-refractivity contribution in [3.05, 3.63) is 68.2 Å². The van der Waals surface area contributed by atoms with Gasteiger partial charge >= 0.3 is 6.03 Å². The number of rotatable bonds is 2. The lowest BCUT2D eigenvalue weighted by molar-refractivity contribution is 0.262. The van der Waals surface area contributed by atoms with Gasteiger partial charge in [-0.3, -0.25) is 19.8 Å². The Kier molecular flexibility index (Phi) is 3.86. The van der Waals surface area contributed by atoms with E-state index in [0.717, 1.165) is 0 Å². The first kappa shape index (κ1) is 14.9. The molecule has 8 heteroatoms. The Balaban J connectivity index is 1.82. The lowest BCUT2D eigenvalue weighted by Crippen LogP contribution is -2.21. The van der Waals surface area contributed by atoms with Crippen LogP contribution in [0, 0.1) is 0 Å². The molecule has 3 rings (SSSR count). The molecule has 0 saturated carbocycles. The molecule has 0 bridgehead atoms. The van der Waals surface area contributed by atoms with Gasteiger partial charge in [0, 0.05) is 16.4 Å². The van der Waals surface area contributed by atoms with Crippen LogP contribution in [0.1, 0.15) is 0 Å². The van der Waals surface area contributed by atoms with Crippen molar-refractivity contribution in [1.82, 2.24) is 10.2 Å². The third-order valence-corrected chi connectivity index (χ3v) is 3.41. The van der Waals surface area contributed by atoms with Gasteiger partial charge in [-0.2, -0.15) is 0 Å². The Hall–Kier alpha value is -3.06. The molecule has 0 atom stereocenters. The fraction of sp³-hybridized carbons (Fsp3) is 0. The third kappa shape index (κ3) is 3.24. The smallest absolute Gasteiger partial charge is 0.308 e. The van der Waals surface area contributed by atoms with Crippen LogP contribution in [0.25, 0.3) is 10.8 Å². The molecule has 0 aliphatic heterocycles. The van der Waals surface area contributed by atoms with Gasteiger partial charge in [0.15, 0.2) is 0 Å². The van der Waals surface area contributed by atoms with Crippen molar-refractivity contribution in [2.75, 3.05) is 10.6 Å². The molecule has 3 aromatic rings. The van der Waals surface area contributed by atoms with E-state index in [9.17, 15) is 14.4 Å². The highest BCUT2D eigenvalue weighted by atomic mass is 35.5. The van der Waals surface area contributed by atoms with E-state index >= 15 is 0 Å². The van der Waals surface area contributed by atoms with Crippen LogP contribution in [-0.2, 0) is 0 Å². The largest absolute Gasteiger partial charge is 0.323 e. The van der Waals surface area contributed by atoms with E-state index in [4.69, 9.17) is 11.6 Å². The van der Waals surface area contributed by atoms with Crippen molar-refractivity contribution in [3.8, 4) is 0 Å². The van der Waals surface area contributed by atoms with Crippen LogP contribution in [0.4, 0.5) is 16.2 Å². The summed E-state index contributed by atoms with van der Waals surface area (Å²) in [6.07, 6.45) is 0. The number of fused-ring (bicyclic) bond motifs is 1. The normalized spacial score (nSPS) is 10.5. The SMILES string of the molecule is O=C(Nc1ccc(Cl)cc1)Nc1ccc2c(=O)[nH][nH]c(=O)c2c1. The Bertz CT molecular complexity index is 992. The number of amides is 2. The van der Waals surface area contributed by atoms with Crippen LogP contribution in [0.5, 0.6) is 0 Å². The summed E-state index contributed by atoms with van der Waals surface area (Å²) in [5.41, 5.74) is 0.111. The lowest BCUT2D eigenvalue weighted by Gasteiger charge is -2.08. The van der Waals surface area contributed by atoms with Crippen molar-refractivity contribution < 1.29 is 4.79 Å². The van der Waals surface area contributed by atoms with Crippen LogP contribution in [0.2, 0.25) is 5.02 Å². The summed E-state index contributed by atoms with van der Waals surface area (Å²) in [6.45, 7) is 0. The number of H-pyrrole nitrogens is 2. The van der Waals surface area contributed by atoms with Crippen LogP contribution in [-0.4, -0.2) is 16.2 Å². The van der Waals surface area contributed by atoms with Gasteiger partial charge < -0.3 is 10.6 Å². The molecule has 0 spiro atoms.